The molecule has 2 aromatic rings. The Kier molecular flexibility index (Phi) is 4.35. The molecule has 104 valence electrons. The largest absolute Gasteiger partial charge is 0.481 e. The van der Waals surface area contributed by atoms with Crippen molar-refractivity contribution in [3.8, 4) is 11.5 Å². The molecule has 0 amide bonds. The van der Waals surface area contributed by atoms with Crippen molar-refractivity contribution in [2.45, 2.75) is 19.3 Å². The Balaban J connectivity index is 2.09. The fraction of sp³-hybridized carbons (Fsp3) is 0.188. The maximum Gasteiger partial charge on any atom is 0.303 e. The molecule has 0 bridgehead atoms. The van der Waals surface area contributed by atoms with Crippen molar-refractivity contribution < 1.29 is 19.0 Å². The Morgan fingerprint density at radius 1 is 1.20 bits per heavy atom. The van der Waals surface area contributed by atoms with Gasteiger partial charge < -0.3 is 9.84 Å². The summed E-state index contributed by atoms with van der Waals surface area (Å²) in [6, 6.07) is 13.2. The molecule has 0 spiro atoms. The van der Waals surface area contributed by atoms with E-state index in [-0.39, 0.29) is 18.1 Å². The number of carbonyl (C=O) groups is 1. The lowest BCUT2D eigenvalue weighted by Gasteiger charge is -2.11. The number of carboxylic acids is 1. The first kappa shape index (κ1) is 14.1. The minimum atomic E-state index is -0.829. The molecule has 0 aliphatic heterocycles. The van der Waals surface area contributed by atoms with Gasteiger partial charge in [0.25, 0.3) is 0 Å². The zero-order chi connectivity index (χ0) is 14.5. The lowest BCUT2D eigenvalue weighted by atomic mass is 9.98. The van der Waals surface area contributed by atoms with Gasteiger partial charge in [-0.2, -0.15) is 0 Å². The third-order valence-corrected chi connectivity index (χ3v) is 2.99. The molecule has 0 fully saturated rings. The number of hydrogen-bond donors (Lipinski definition) is 1. The number of halogens is 1. The van der Waals surface area contributed by atoms with Crippen molar-refractivity contribution in [1.82, 2.24) is 0 Å². The zero-order valence-corrected chi connectivity index (χ0v) is 11.0. The topological polar surface area (TPSA) is 46.5 Å². The van der Waals surface area contributed by atoms with Gasteiger partial charge in [0.2, 0.25) is 0 Å². The lowest BCUT2D eigenvalue weighted by molar-refractivity contribution is -0.137. The van der Waals surface area contributed by atoms with Crippen molar-refractivity contribution in [2.75, 3.05) is 0 Å². The first-order chi connectivity index (χ1) is 9.56. The third-order valence-electron chi connectivity index (χ3n) is 2.99. The molecule has 0 aromatic heterocycles. The van der Waals surface area contributed by atoms with Gasteiger partial charge in [-0.3, -0.25) is 4.79 Å². The van der Waals surface area contributed by atoms with Crippen molar-refractivity contribution in [1.29, 1.82) is 0 Å². The number of hydrogen-bond acceptors (Lipinski definition) is 2. The first-order valence-corrected chi connectivity index (χ1v) is 6.30. The smallest absolute Gasteiger partial charge is 0.303 e. The maximum atomic E-state index is 13.4. The molecule has 0 radical (unpaired) electrons. The second-order valence-corrected chi connectivity index (χ2v) is 4.60. The van der Waals surface area contributed by atoms with Crippen molar-refractivity contribution in [2.24, 2.45) is 0 Å². The Morgan fingerprint density at radius 3 is 2.45 bits per heavy atom. The molecule has 1 unspecified atom stereocenters. The van der Waals surface area contributed by atoms with Gasteiger partial charge in [-0.15, -0.1) is 0 Å². The first-order valence-electron chi connectivity index (χ1n) is 6.30. The highest BCUT2D eigenvalue weighted by Crippen LogP contribution is 2.26. The summed E-state index contributed by atoms with van der Waals surface area (Å²) in [5.74, 6) is -0.643. The highest BCUT2D eigenvalue weighted by Gasteiger charge is 2.10. The summed E-state index contributed by atoms with van der Waals surface area (Å²) < 4.78 is 18.9. The van der Waals surface area contributed by atoms with E-state index in [0.717, 1.165) is 5.56 Å². The van der Waals surface area contributed by atoms with Gasteiger partial charge >= 0.3 is 5.97 Å². The molecular formula is C16H15FO3. The average molecular weight is 274 g/mol. The van der Waals surface area contributed by atoms with Gasteiger partial charge in [0.1, 0.15) is 5.75 Å². The summed E-state index contributed by atoms with van der Waals surface area (Å²) in [6.07, 6.45) is 0.0769. The molecule has 0 aliphatic carbocycles. The van der Waals surface area contributed by atoms with Crippen LogP contribution in [0.4, 0.5) is 4.39 Å². The fourth-order valence-electron chi connectivity index (χ4n) is 1.90. The van der Waals surface area contributed by atoms with E-state index in [0.29, 0.717) is 5.75 Å². The van der Waals surface area contributed by atoms with E-state index in [1.165, 1.54) is 6.07 Å². The van der Waals surface area contributed by atoms with Crippen molar-refractivity contribution >= 4 is 5.97 Å². The normalized spacial score (nSPS) is 11.9. The molecule has 0 saturated carbocycles. The van der Waals surface area contributed by atoms with Gasteiger partial charge in [-0.25, -0.2) is 4.39 Å². The number of ether oxygens (including phenoxy) is 1. The number of aliphatic carboxylic acids is 1. The Hall–Kier alpha value is -2.36. The summed E-state index contributed by atoms with van der Waals surface area (Å²) in [6.45, 7) is 1.85. The Bertz CT molecular complexity index is 593. The molecule has 0 aliphatic rings. The molecule has 1 N–H and O–H groups in total. The monoisotopic (exact) mass is 274 g/mol. The van der Waals surface area contributed by atoms with Gasteiger partial charge in [0.15, 0.2) is 11.6 Å². The summed E-state index contributed by atoms with van der Waals surface area (Å²) in [7, 11) is 0. The van der Waals surface area contributed by atoms with Crippen LogP contribution in [0, 0.1) is 5.82 Å². The van der Waals surface area contributed by atoms with E-state index in [4.69, 9.17) is 9.84 Å². The van der Waals surface area contributed by atoms with E-state index >= 15 is 0 Å². The standard InChI is InChI=1S/C16H15FO3/c1-11(10-16(18)19)12-6-8-13(9-7-12)20-15-5-3-2-4-14(15)17/h2-9,11H,10H2,1H3,(H,18,19). The van der Waals surface area contributed by atoms with Crippen LogP contribution in [0.15, 0.2) is 48.5 Å². The number of carboxylic acid groups (broad SMARTS) is 1. The predicted octanol–water partition coefficient (Wildman–Crippen LogP) is 4.20. The predicted molar refractivity (Wildman–Crippen MR) is 73.6 cm³/mol. The molecule has 3 nitrogen and oxygen atoms in total. The summed E-state index contributed by atoms with van der Waals surface area (Å²) in [5, 5.41) is 8.76. The highest BCUT2D eigenvalue weighted by atomic mass is 19.1. The molecule has 4 heteroatoms. The van der Waals surface area contributed by atoms with Gasteiger partial charge in [-0.1, -0.05) is 31.2 Å². The quantitative estimate of drug-likeness (QED) is 0.889. The van der Waals surface area contributed by atoms with E-state index in [1.807, 2.05) is 6.92 Å². The van der Waals surface area contributed by atoms with Crippen LogP contribution in [0.2, 0.25) is 0 Å². The van der Waals surface area contributed by atoms with E-state index in [1.54, 1.807) is 42.5 Å². The molecule has 0 saturated heterocycles. The van der Waals surface area contributed by atoms with Crippen LogP contribution in [0.3, 0.4) is 0 Å². The summed E-state index contributed by atoms with van der Waals surface area (Å²) >= 11 is 0. The van der Waals surface area contributed by atoms with E-state index < -0.39 is 11.8 Å². The number of para-hydroxylation sites is 1. The molecular weight excluding hydrogens is 259 g/mol. The summed E-state index contributed by atoms with van der Waals surface area (Å²) in [4.78, 5) is 10.7. The zero-order valence-electron chi connectivity index (χ0n) is 11.0. The fourth-order valence-corrected chi connectivity index (χ4v) is 1.90. The molecule has 20 heavy (non-hydrogen) atoms. The second kappa shape index (κ2) is 6.19. The van der Waals surface area contributed by atoms with Crippen LogP contribution < -0.4 is 4.74 Å². The maximum absolute atomic E-state index is 13.4. The number of benzene rings is 2. The van der Waals surface area contributed by atoms with Crippen molar-refractivity contribution in [3.63, 3.8) is 0 Å². The Labute approximate surface area is 116 Å². The number of rotatable bonds is 5. The van der Waals surface area contributed by atoms with Crippen LogP contribution in [0.25, 0.3) is 0 Å². The van der Waals surface area contributed by atoms with Gasteiger partial charge in [0, 0.05) is 0 Å². The molecule has 2 rings (SSSR count). The van der Waals surface area contributed by atoms with Crippen LogP contribution in [0.1, 0.15) is 24.8 Å². The second-order valence-electron chi connectivity index (χ2n) is 4.60. The minimum Gasteiger partial charge on any atom is -0.481 e. The van der Waals surface area contributed by atoms with Crippen LogP contribution >= 0.6 is 0 Å². The van der Waals surface area contributed by atoms with E-state index in [9.17, 15) is 9.18 Å². The SMILES string of the molecule is CC(CC(=O)O)c1ccc(Oc2ccccc2F)cc1. The molecule has 0 heterocycles. The summed E-state index contributed by atoms with van der Waals surface area (Å²) in [5.41, 5.74) is 0.910. The van der Waals surface area contributed by atoms with Crippen LogP contribution in [0.5, 0.6) is 11.5 Å². The van der Waals surface area contributed by atoms with Crippen LogP contribution in [-0.4, -0.2) is 11.1 Å². The highest BCUT2D eigenvalue weighted by molar-refractivity contribution is 5.68. The van der Waals surface area contributed by atoms with Crippen molar-refractivity contribution in [3.05, 3.63) is 59.9 Å². The average Bonchev–Trinajstić information content (AvgIpc) is 2.41. The molecule has 1 atom stereocenters. The van der Waals surface area contributed by atoms with Crippen LogP contribution in [-0.2, 0) is 4.79 Å². The van der Waals surface area contributed by atoms with E-state index in [2.05, 4.69) is 0 Å². The van der Waals surface area contributed by atoms with Gasteiger partial charge in [-0.05, 0) is 35.7 Å². The minimum absolute atomic E-state index is 0.0741. The third kappa shape index (κ3) is 3.57. The Morgan fingerprint density at radius 2 is 1.85 bits per heavy atom. The van der Waals surface area contributed by atoms with Gasteiger partial charge in [0.05, 0.1) is 6.42 Å². The lowest BCUT2D eigenvalue weighted by Crippen LogP contribution is -2.02. The molecule has 2 aromatic carbocycles.